The molecule has 1 aliphatic heterocycles. The van der Waals surface area contributed by atoms with E-state index in [-0.39, 0.29) is 6.10 Å². The molecule has 2 N–H and O–H groups in total. The van der Waals surface area contributed by atoms with Crippen molar-refractivity contribution in [3.63, 3.8) is 0 Å². The van der Waals surface area contributed by atoms with Gasteiger partial charge in [0.1, 0.15) is 0 Å². The molecule has 90 valence electrons. The molecule has 1 aromatic heterocycles. The van der Waals surface area contributed by atoms with Crippen LogP contribution in [0.15, 0.2) is 15.7 Å². The van der Waals surface area contributed by atoms with E-state index in [1.807, 2.05) is 30.0 Å². The summed E-state index contributed by atoms with van der Waals surface area (Å²) >= 11 is 3.84. The Morgan fingerprint density at radius 3 is 3.19 bits per heavy atom. The zero-order chi connectivity index (χ0) is 11.5. The van der Waals surface area contributed by atoms with Gasteiger partial charge in [0.15, 0.2) is 0 Å². The summed E-state index contributed by atoms with van der Waals surface area (Å²) in [4.78, 5) is 0. The van der Waals surface area contributed by atoms with E-state index in [9.17, 15) is 5.11 Å². The second-order valence-corrected chi connectivity index (χ2v) is 7.10. The minimum atomic E-state index is -0.204. The van der Waals surface area contributed by atoms with Crippen LogP contribution in [0.25, 0.3) is 0 Å². The zero-order valence-electron chi connectivity index (χ0n) is 9.77. The zero-order valence-corrected chi connectivity index (χ0v) is 11.4. The second-order valence-electron chi connectivity index (χ2n) is 4.47. The Hall–Kier alpha value is -0.0300. The van der Waals surface area contributed by atoms with Gasteiger partial charge in [-0.05, 0) is 43.3 Å². The van der Waals surface area contributed by atoms with E-state index in [1.165, 1.54) is 16.2 Å². The van der Waals surface area contributed by atoms with Gasteiger partial charge >= 0.3 is 0 Å². The predicted octanol–water partition coefficient (Wildman–Crippen LogP) is 3.03. The normalized spacial score (nSPS) is 26.4. The number of hydrogen-bond acceptors (Lipinski definition) is 4. The van der Waals surface area contributed by atoms with Crippen molar-refractivity contribution in [3.8, 4) is 0 Å². The number of thiophene rings is 1. The highest BCUT2D eigenvalue weighted by molar-refractivity contribution is 8.01. The number of aliphatic hydroxyl groups excluding tert-OH is 1. The number of fused-ring (bicyclic) bond motifs is 1. The smallest absolute Gasteiger partial charge is 0.0649 e. The average Bonchev–Trinajstić information content (AvgIpc) is 2.64. The maximum Gasteiger partial charge on any atom is 0.0649 e. The van der Waals surface area contributed by atoms with Gasteiger partial charge < -0.3 is 10.4 Å². The number of thioether (sulfide) groups is 1. The van der Waals surface area contributed by atoms with E-state index in [0.717, 1.165) is 13.0 Å². The van der Waals surface area contributed by atoms with Crippen molar-refractivity contribution in [1.82, 2.24) is 5.32 Å². The average molecular weight is 257 g/mol. The fourth-order valence-corrected chi connectivity index (χ4v) is 4.58. The van der Waals surface area contributed by atoms with Crippen LogP contribution in [0.2, 0.25) is 0 Å². The summed E-state index contributed by atoms with van der Waals surface area (Å²) in [5, 5.41) is 15.7. The lowest BCUT2D eigenvalue weighted by atomic mass is 10.0. The number of nitrogens with one attached hydrogen (secondary N) is 1. The lowest BCUT2D eigenvalue weighted by molar-refractivity contribution is 0.182. The molecule has 0 saturated heterocycles. The molecule has 0 radical (unpaired) electrons. The number of rotatable bonds is 4. The van der Waals surface area contributed by atoms with Crippen molar-refractivity contribution in [2.24, 2.45) is 0 Å². The number of aliphatic hydroxyl groups is 1. The fraction of sp³-hybridized carbons (Fsp3) is 0.667. The molecule has 0 bridgehead atoms. The third-order valence-corrected chi connectivity index (χ3v) is 5.21. The first-order chi connectivity index (χ1) is 7.66. The molecule has 2 heterocycles. The van der Waals surface area contributed by atoms with Crippen LogP contribution in [0.4, 0.5) is 0 Å². The fourth-order valence-electron chi connectivity index (χ4n) is 2.01. The summed E-state index contributed by atoms with van der Waals surface area (Å²) in [6.45, 7) is 5.03. The van der Waals surface area contributed by atoms with Crippen molar-refractivity contribution < 1.29 is 5.11 Å². The van der Waals surface area contributed by atoms with E-state index >= 15 is 0 Å². The summed E-state index contributed by atoms with van der Waals surface area (Å²) < 4.78 is 1.47. The van der Waals surface area contributed by atoms with Crippen LogP contribution >= 0.6 is 23.1 Å². The summed E-state index contributed by atoms with van der Waals surface area (Å²) in [6.07, 6.45) is 1.82. The molecular weight excluding hydrogens is 238 g/mol. The molecule has 2 nitrogen and oxygen atoms in total. The van der Waals surface area contributed by atoms with Gasteiger partial charge in [0.2, 0.25) is 0 Å². The molecular formula is C12H19NOS2. The van der Waals surface area contributed by atoms with Gasteiger partial charge in [-0.15, -0.1) is 23.1 Å². The van der Waals surface area contributed by atoms with Crippen molar-refractivity contribution in [2.75, 3.05) is 6.54 Å². The highest BCUT2D eigenvalue weighted by atomic mass is 32.2. The molecule has 2 rings (SSSR count). The molecule has 4 heteroatoms. The van der Waals surface area contributed by atoms with E-state index < -0.39 is 0 Å². The van der Waals surface area contributed by atoms with Gasteiger partial charge in [-0.2, -0.15) is 0 Å². The molecule has 0 amide bonds. The highest BCUT2D eigenvalue weighted by Gasteiger charge is 2.25. The van der Waals surface area contributed by atoms with Crippen LogP contribution in [0.1, 0.15) is 38.3 Å². The molecule has 0 spiro atoms. The standard InChI is InChI=1S/C12H19NOS2/c1-8(14)3-5-13-11-7-9(2)16-12-10(11)4-6-15-12/h4,6,8-9,11,13-14H,3,5,7H2,1-2H3/t8?,9-,11?/m0/s1. The molecule has 0 saturated carbocycles. The van der Waals surface area contributed by atoms with E-state index in [0.29, 0.717) is 11.3 Å². The van der Waals surface area contributed by atoms with E-state index in [2.05, 4.69) is 23.7 Å². The Labute approximate surface area is 105 Å². The molecule has 3 atom stereocenters. The second kappa shape index (κ2) is 5.54. The quantitative estimate of drug-likeness (QED) is 0.869. The first-order valence-electron chi connectivity index (χ1n) is 5.82. The van der Waals surface area contributed by atoms with E-state index in [4.69, 9.17) is 0 Å². The van der Waals surface area contributed by atoms with Crippen LogP contribution in [0.5, 0.6) is 0 Å². The Morgan fingerprint density at radius 1 is 1.62 bits per heavy atom. The maximum absolute atomic E-state index is 9.25. The summed E-state index contributed by atoms with van der Waals surface area (Å²) in [5.41, 5.74) is 1.46. The first kappa shape index (κ1) is 12.4. The van der Waals surface area contributed by atoms with Gasteiger partial charge in [-0.25, -0.2) is 0 Å². The Kier molecular flexibility index (Phi) is 4.30. The van der Waals surface area contributed by atoms with Crippen molar-refractivity contribution >= 4 is 23.1 Å². The Bertz CT molecular complexity index is 338. The van der Waals surface area contributed by atoms with Crippen LogP contribution in [-0.4, -0.2) is 23.0 Å². The first-order valence-corrected chi connectivity index (χ1v) is 7.58. The van der Waals surface area contributed by atoms with Crippen LogP contribution in [0, 0.1) is 0 Å². The lowest BCUT2D eigenvalue weighted by Gasteiger charge is -2.27. The number of hydrogen-bond donors (Lipinski definition) is 2. The molecule has 1 aliphatic rings. The molecule has 0 aliphatic carbocycles. The lowest BCUT2D eigenvalue weighted by Crippen LogP contribution is -2.28. The van der Waals surface area contributed by atoms with Gasteiger partial charge in [-0.1, -0.05) is 6.92 Å². The minimum absolute atomic E-state index is 0.204. The molecule has 2 unspecified atom stereocenters. The largest absolute Gasteiger partial charge is 0.393 e. The SMILES string of the molecule is CC(O)CCNC1C[C@H](C)Sc2sccc21. The van der Waals surface area contributed by atoms with Gasteiger partial charge in [0.05, 0.1) is 10.3 Å². The molecule has 0 fully saturated rings. The summed E-state index contributed by atoms with van der Waals surface area (Å²) in [6, 6.07) is 2.72. The molecule has 16 heavy (non-hydrogen) atoms. The maximum atomic E-state index is 9.25. The van der Waals surface area contributed by atoms with Gasteiger partial charge in [-0.3, -0.25) is 0 Å². The Morgan fingerprint density at radius 2 is 2.44 bits per heavy atom. The Balaban J connectivity index is 1.95. The third-order valence-electron chi connectivity index (χ3n) is 2.86. The highest BCUT2D eigenvalue weighted by Crippen LogP contribution is 2.43. The minimum Gasteiger partial charge on any atom is -0.393 e. The third kappa shape index (κ3) is 3.00. The molecule has 0 aromatic carbocycles. The summed E-state index contributed by atoms with van der Waals surface area (Å²) in [7, 11) is 0. The topological polar surface area (TPSA) is 32.3 Å². The van der Waals surface area contributed by atoms with Crippen LogP contribution < -0.4 is 5.32 Å². The van der Waals surface area contributed by atoms with E-state index in [1.54, 1.807) is 0 Å². The van der Waals surface area contributed by atoms with Crippen LogP contribution in [-0.2, 0) is 0 Å². The van der Waals surface area contributed by atoms with Gasteiger partial charge in [0, 0.05) is 11.3 Å². The van der Waals surface area contributed by atoms with Crippen molar-refractivity contribution in [2.45, 2.75) is 48.3 Å². The van der Waals surface area contributed by atoms with Crippen molar-refractivity contribution in [3.05, 3.63) is 17.0 Å². The van der Waals surface area contributed by atoms with Gasteiger partial charge in [0.25, 0.3) is 0 Å². The van der Waals surface area contributed by atoms with Crippen molar-refractivity contribution in [1.29, 1.82) is 0 Å². The molecule has 1 aromatic rings. The van der Waals surface area contributed by atoms with Crippen LogP contribution in [0.3, 0.4) is 0 Å². The monoisotopic (exact) mass is 257 g/mol. The summed E-state index contributed by atoms with van der Waals surface area (Å²) in [5.74, 6) is 0. The predicted molar refractivity (Wildman–Crippen MR) is 71.3 cm³/mol.